The summed E-state index contributed by atoms with van der Waals surface area (Å²) in [6.45, 7) is 9.69. The van der Waals surface area contributed by atoms with Crippen LogP contribution in [0.25, 0.3) is 0 Å². The van der Waals surface area contributed by atoms with Crippen LogP contribution < -0.4 is 5.32 Å². The number of benzene rings is 1. The Morgan fingerprint density at radius 2 is 2.00 bits per heavy atom. The highest BCUT2D eigenvalue weighted by atomic mass is 32.2. The number of rotatable bonds is 3. The number of carbonyl (C=O) groups excluding carboxylic acids is 1. The monoisotopic (exact) mass is 278 g/mol. The largest absolute Gasteiger partial charge is 0.339 e. The third-order valence-electron chi connectivity index (χ3n) is 3.41. The van der Waals surface area contributed by atoms with Gasteiger partial charge in [0, 0.05) is 31.1 Å². The Kier molecular flexibility index (Phi) is 4.88. The van der Waals surface area contributed by atoms with E-state index in [1.165, 1.54) is 16.0 Å². The lowest BCUT2D eigenvalue weighted by Crippen LogP contribution is -2.48. The molecule has 1 unspecified atom stereocenters. The molecule has 1 aromatic rings. The van der Waals surface area contributed by atoms with Crippen molar-refractivity contribution in [2.75, 3.05) is 26.2 Å². The van der Waals surface area contributed by atoms with Crippen LogP contribution in [0.15, 0.2) is 23.1 Å². The van der Waals surface area contributed by atoms with Crippen molar-refractivity contribution in [1.29, 1.82) is 0 Å². The number of amides is 1. The summed E-state index contributed by atoms with van der Waals surface area (Å²) in [7, 11) is 0. The van der Waals surface area contributed by atoms with Gasteiger partial charge in [-0.3, -0.25) is 4.79 Å². The molecule has 1 fully saturated rings. The van der Waals surface area contributed by atoms with Gasteiger partial charge in [-0.2, -0.15) is 0 Å². The van der Waals surface area contributed by atoms with Crippen molar-refractivity contribution in [2.45, 2.75) is 30.9 Å². The Balaban J connectivity index is 1.99. The van der Waals surface area contributed by atoms with E-state index in [9.17, 15) is 4.79 Å². The Morgan fingerprint density at radius 1 is 1.32 bits per heavy atom. The molecule has 1 amide bonds. The van der Waals surface area contributed by atoms with Crippen LogP contribution in [0.2, 0.25) is 0 Å². The van der Waals surface area contributed by atoms with E-state index < -0.39 is 0 Å². The maximum absolute atomic E-state index is 12.4. The standard InChI is InChI=1S/C15H22N2OS/c1-11-4-5-14(12(2)10-11)19-13(3)15(18)17-8-6-16-7-9-17/h4-5,10,13,16H,6-9H2,1-3H3. The second-order valence-electron chi connectivity index (χ2n) is 5.10. The number of thioether (sulfide) groups is 1. The van der Waals surface area contributed by atoms with E-state index in [1.807, 2.05) is 11.8 Å². The van der Waals surface area contributed by atoms with Crippen LogP contribution in [0, 0.1) is 13.8 Å². The molecule has 0 spiro atoms. The van der Waals surface area contributed by atoms with Crippen molar-refractivity contribution in [3.05, 3.63) is 29.3 Å². The molecule has 3 nitrogen and oxygen atoms in total. The topological polar surface area (TPSA) is 32.3 Å². The Labute approximate surface area is 119 Å². The molecule has 1 N–H and O–H groups in total. The number of nitrogens with one attached hydrogen (secondary N) is 1. The molecule has 1 saturated heterocycles. The van der Waals surface area contributed by atoms with Crippen LogP contribution in [0.4, 0.5) is 0 Å². The summed E-state index contributed by atoms with van der Waals surface area (Å²) in [6, 6.07) is 6.40. The Morgan fingerprint density at radius 3 is 2.63 bits per heavy atom. The zero-order valence-corrected chi connectivity index (χ0v) is 12.7. The highest BCUT2D eigenvalue weighted by molar-refractivity contribution is 8.00. The average molecular weight is 278 g/mol. The first-order chi connectivity index (χ1) is 9.08. The van der Waals surface area contributed by atoms with Crippen molar-refractivity contribution in [2.24, 2.45) is 0 Å². The fourth-order valence-corrected chi connectivity index (χ4v) is 3.34. The zero-order chi connectivity index (χ0) is 13.8. The maximum atomic E-state index is 12.4. The van der Waals surface area contributed by atoms with Gasteiger partial charge in [0.25, 0.3) is 0 Å². The first-order valence-corrected chi connectivity index (χ1v) is 7.69. The number of hydrogen-bond donors (Lipinski definition) is 1. The van der Waals surface area contributed by atoms with E-state index in [1.54, 1.807) is 11.8 Å². The average Bonchev–Trinajstić information content (AvgIpc) is 2.42. The predicted octanol–water partition coefficient (Wildman–Crippen LogP) is 2.22. The SMILES string of the molecule is Cc1ccc(SC(C)C(=O)N2CCNCC2)c(C)c1. The van der Waals surface area contributed by atoms with E-state index in [2.05, 4.69) is 37.4 Å². The third-order valence-corrected chi connectivity index (χ3v) is 4.68. The lowest BCUT2D eigenvalue weighted by Gasteiger charge is -2.29. The number of carbonyl (C=O) groups is 1. The van der Waals surface area contributed by atoms with Crippen LogP contribution >= 0.6 is 11.8 Å². The first-order valence-electron chi connectivity index (χ1n) is 6.81. The summed E-state index contributed by atoms with van der Waals surface area (Å²) >= 11 is 1.67. The maximum Gasteiger partial charge on any atom is 0.235 e. The summed E-state index contributed by atoms with van der Waals surface area (Å²) in [5.74, 6) is 0.256. The second-order valence-corrected chi connectivity index (χ2v) is 6.49. The van der Waals surface area contributed by atoms with Crippen molar-refractivity contribution in [1.82, 2.24) is 10.2 Å². The van der Waals surface area contributed by atoms with Gasteiger partial charge in [-0.15, -0.1) is 11.8 Å². The molecule has 1 heterocycles. The summed E-state index contributed by atoms with van der Waals surface area (Å²) < 4.78 is 0. The molecule has 2 rings (SSSR count). The third kappa shape index (κ3) is 3.74. The lowest BCUT2D eigenvalue weighted by atomic mass is 10.2. The fourth-order valence-electron chi connectivity index (χ4n) is 2.31. The molecule has 1 aromatic carbocycles. The number of nitrogens with zero attached hydrogens (tertiary/aromatic N) is 1. The van der Waals surface area contributed by atoms with E-state index in [0.29, 0.717) is 0 Å². The van der Waals surface area contributed by atoms with Crippen LogP contribution in [0.3, 0.4) is 0 Å². The lowest BCUT2D eigenvalue weighted by molar-refractivity contribution is -0.130. The minimum atomic E-state index is -0.0143. The summed E-state index contributed by atoms with van der Waals surface area (Å²) in [5, 5.41) is 3.26. The van der Waals surface area contributed by atoms with Gasteiger partial charge in [0.15, 0.2) is 0 Å². The predicted molar refractivity (Wildman–Crippen MR) is 80.7 cm³/mol. The fraction of sp³-hybridized carbons (Fsp3) is 0.533. The highest BCUT2D eigenvalue weighted by Crippen LogP contribution is 2.28. The molecule has 0 aromatic heterocycles. The number of hydrogen-bond acceptors (Lipinski definition) is 3. The molecule has 1 aliphatic rings. The molecule has 1 atom stereocenters. The molecule has 19 heavy (non-hydrogen) atoms. The van der Waals surface area contributed by atoms with Gasteiger partial charge in [-0.05, 0) is 32.4 Å². The summed E-state index contributed by atoms with van der Waals surface area (Å²) in [5.41, 5.74) is 2.52. The minimum absolute atomic E-state index is 0.0143. The molecule has 4 heteroatoms. The quantitative estimate of drug-likeness (QED) is 0.861. The Bertz CT molecular complexity index is 455. The van der Waals surface area contributed by atoms with Gasteiger partial charge >= 0.3 is 0 Å². The molecule has 0 radical (unpaired) electrons. The van der Waals surface area contributed by atoms with E-state index in [0.717, 1.165) is 26.2 Å². The van der Waals surface area contributed by atoms with Gasteiger partial charge in [0.2, 0.25) is 5.91 Å². The highest BCUT2D eigenvalue weighted by Gasteiger charge is 2.23. The number of aryl methyl sites for hydroxylation is 2. The normalized spacial score (nSPS) is 17.3. The molecule has 0 aliphatic carbocycles. The van der Waals surface area contributed by atoms with Gasteiger partial charge in [0.05, 0.1) is 5.25 Å². The second kappa shape index (κ2) is 6.44. The molecule has 0 saturated carbocycles. The summed E-state index contributed by atoms with van der Waals surface area (Å²) in [4.78, 5) is 15.5. The minimum Gasteiger partial charge on any atom is -0.339 e. The molecule has 0 bridgehead atoms. The van der Waals surface area contributed by atoms with Crippen LogP contribution in [-0.4, -0.2) is 42.2 Å². The molecular formula is C15H22N2OS. The van der Waals surface area contributed by atoms with Crippen LogP contribution in [-0.2, 0) is 4.79 Å². The molecular weight excluding hydrogens is 256 g/mol. The van der Waals surface area contributed by atoms with E-state index >= 15 is 0 Å². The van der Waals surface area contributed by atoms with Crippen molar-refractivity contribution >= 4 is 17.7 Å². The van der Waals surface area contributed by atoms with Crippen molar-refractivity contribution in [3.8, 4) is 0 Å². The smallest absolute Gasteiger partial charge is 0.235 e. The number of piperazine rings is 1. The van der Waals surface area contributed by atoms with Gasteiger partial charge < -0.3 is 10.2 Å². The van der Waals surface area contributed by atoms with Gasteiger partial charge in [-0.25, -0.2) is 0 Å². The van der Waals surface area contributed by atoms with Crippen LogP contribution in [0.1, 0.15) is 18.1 Å². The molecule has 104 valence electrons. The van der Waals surface area contributed by atoms with Crippen molar-refractivity contribution < 1.29 is 4.79 Å². The first kappa shape index (κ1) is 14.4. The zero-order valence-electron chi connectivity index (χ0n) is 11.9. The van der Waals surface area contributed by atoms with E-state index in [4.69, 9.17) is 0 Å². The summed E-state index contributed by atoms with van der Waals surface area (Å²) in [6.07, 6.45) is 0. The van der Waals surface area contributed by atoms with Crippen molar-refractivity contribution in [3.63, 3.8) is 0 Å². The van der Waals surface area contributed by atoms with Crippen LogP contribution in [0.5, 0.6) is 0 Å². The van der Waals surface area contributed by atoms with Gasteiger partial charge in [-0.1, -0.05) is 17.7 Å². The Hall–Kier alpha value is -1.00. The van der Waals surface area contributed by atoms with E-state index in [-0.39, 0.29) is 11.2 Å². The molecule has 1 aliphatic heterocycles. The van der Waals surface area contributed by atoms with Gasteiger partial charge in [0.1, 0.15) is 0 Å².